The van der Waals surface area contributed by atoms with Gasteiger partial charge in [0.15, 0.2) is 5.75 Å². The second-order valence-corrected chi connectivity index (χ2v) is 6.48. The average Bonchev–Trinajstić information content (AvgIpc) is 2.43. The van der Waals surface area contributed by atoms with Crippen molar-refractivity contribution in [2.75, 3.05) is 5.32 Å². The number of anilines is 1. The largest absolute Gasteiger partial charge is 0.505 e. The van der Waals surface area contributed by atoms with Gasteiger partial charge in [-0.2, -0.15) is 8.42 Å². The van der Waals surface area contributed by atoms with E-state index in [-0.39, 0.29) is 31.9 Å². The number of nitrogens with one attached hydrogen (secondary N) is 1. The van der Waals surface area contributed by atoms with Crippen LogP contribution in [0.25, 0.3) is 0 Å². The highest BCUT2D eigenvalue weighted by molar-refractivity contribution is 7.85. The van der Waals surface area contributed by atoms with Gasteiger partial charge >= 0.3 is 0 Å². The van der Waals surface area contributed by atoms with E-state index >= 15 is 0 Å². The smallest absolute Gasteiger partial charge is 0.294 e. The Bertz CT molecular complexity index is 828. The van der Waals surface area contributed by atoms with Crippen molar-refractivity contribution in [1.82, 2.24) is 0 Å². The maximum Gasteiger partial charge on any atom is 0.294 e. The van der Waals surface area contributed by atoms with Gasteiger partial charge in [0.25, 0.3) is 16.0 Å². The van der Waals surface area contributed by atoms with Crippen molar-refractivity contribution in [2.24, 2.45) is 0 Å². The highest BCUT2D eigenvalue weighted by Gasteiger charge is 2.14. The van der Waals surface area contributed by atoms with E-state index in [1.165, 1.54) is 30.3 Å². The average molecular weight is 362 g/mol. The topological polar surface area (TPSA) is 104 Å². The van der Waals surface area contributed by atoms with Gasteiger partial charge in [0.2, 0.25) is 0 Å². The van der Waals surface area contributed by atoms with Gasteiger partial charge in [0.05, 0.1) is 14.9 Å². The summed E-state index contributed by atoms with van der Waals surface area (Å²) in [7, 11) is -4.37. The molecule has 0 heterocycles. The number of benzene rings is 2. The van der Waals surface area contributed by atoms with Gasteiger partial charge < -0.3 is 10.4 Å². The molecule has 0 unspecified atom stereocenters. The molecular formula is C13H9Cl2NO5S. The van der Waals surface area contributed by atoms with Crippen LogP contribution in [0.2, 0.25) is 10.0 Å². The molecule has 1 amide bonds. The highest BCUT2D eigenvalue weighted by Crippen LogP contribution is 2.32. The van der Waals surface area contributed by atoms with Gasteiger partial charge in [-0.3, -0.25) is 9.35 Å². The van der Waals surface area contributed by atoms with E-state index in [1.807, 2.05) is 0 Å². The molecule has 0 atom stereocenters. The molecule has 0 spiro atoms. The Labute approximate surface area is 136 Å². The standard InChI is InChI=1S/C13H9Cl2NO5S/c14-10-4-7(5-11(15)12(10)17)13(18)16-8-2-1-3-9(6-8)22(19,20)21/h1-6,17H,(H,16,18)(H,19,20,21). The number of hydrogen-bond donors (Lipinski definition) is 3. The van der Waals surface area contributed by atoms with Crippen LogP contribution in [-0.4, -0.2) is 24.0 Å². The third-order valence-corrected chi connectivity index (χ3v) is 4.09. The van der Waals surface area contributed by atoms with Crippen molar-refractivity contribution in [3.8, 4) is 5.75 Å². The van der Waals surface area contributed by atoms with E-state index in [2.05, 4.69) is 5.32 Å². The van der Waals surface area contributed by atoms with Gasteiger partial charge in [-0.05, 0) is 30.3 Å². The van der Waals surface area contributed by atoms with Crippen LogP contribution >= 0.6 is 23.2 Å². The number of rotatable bonds is 3. The SMILES string of the molecule is O=C(Nc1cccc(S(=O)(=O)O)c1)c1cc(Cl)c(O)c(Cl)c1. The van der Waals surface area contributed by atoms with Crippen molar-refractivity contribution in [1.29, 1.82) is 0 Å². The van der Waals surface area contributed by atoms with Crippen LogP contribution in [0.5, 0.6) is 5.75 Å². The van der Waals surface area contributed by atoms with Crippen molar-refractivity contribution in [3.05, 3.63) is 52.0 Å². The fraction of sp³-hybridized carbons (Fsp3) is 0. The molecule has 0 aliphatic heterocycles. The Kier molecular flexibility index (Phi) is 4.62. The molecule has 0 aliphatic rings. The third-order valence-electron chi connectivity index (χ3n) is 2.67. The van der Waals surface area contributed by atoms with E-state index in [4.69, 9.17) is 27.8 Å². The van der Waals surface area contributed by atoms with E-state index < -0.39 is 16.0 Å². The van der Waals surface area contributed by atoms with Crippen LogP contribution in [0.3, 0.4) is 0 Å². The zero-order chi connectivity index (χ0) is 16.5. The first-order valence-corrected chi connectivity index (χ1v) is 7.95. The minimum Gasteiger partial charge on any atom is -0.505 e. The molecule has 22 heavy (non-hydrogen) atoms. The van der Waals surface area contributed by atoms with E-state index in [9.17, 15) is 18.3 Å². The summed E-state index contributed by atoms with van der Waals surface area (Å²) < 4.78 is 31.1. The first kappa shape index (κ1) is 16.6. The number of carbonyl (C=O) groups is 1. The van der Waals surface area contributed by atoms with Crippen LogP contribution < -0.4 is 5.32 Å². The summed E-state index contributed by atoms with van der Waals surface area (Å²) in [4.78, 5) is 11.7. The monoisotopic (exact) mass is 361 g/mol. The molecule has 0 aliphatic carbocycles. The fourth-order valence-electron chi connectivity index (χ4n) is 1.63. The highest BCUT2D eigenvalue weighted by atomic mass is 35.5. The lowest BCUT2D eigenvalue weighted by Crippen LogP contribution is -2.12. The Hall–Kier alpha value is -1.80. The number of aromatic hydroxyl groups is 1. The van der Waals surface area contributed by atoms with Gasteiger partial charge in [0, 0.05) is 11.3 Å². The van der Waals surface area contributed by atoms with Crippen molar-refractivity contribution in [2.45, 2.75) is 4.90 Å². The number of halogens is 2. The normalized spacial score (nSPS) is 11.2. The molecule has 0 bridgehead atoms. The van der Waals surface area contributed by atoms with Crippen LogP contribution in [0.4, 0.5) is 5.69 Å². The summed E-state index contributed by atoms with van der Waals surface area (Å²) in [5.41, 5.74) is 0.227. The summed E-state index contributed by atoms with van der Waals surface area (Å²) in [6.45, 7) is 0. The molecule has 116 valence electrons. The molecule has 0 aromatic heterocycles. The quantitative estimate of drug-likeness (QED) is 0.728. The summed E-state index contributed by atoms with van der Waals surface area (Å²) in [6, 6.07) is 7.50. The lowest BCUT2D eigenvalue weighted by Gasteiger charge is -2.08. The zero-order valence-corrected chi connectivity index (χ0v) is 13.1. The first-order chi connectivity index (χ1) is 10.2. The van der Waals surface area contributed by atoms with Crippen LogP contribution in [0, 0.1) is 0 Å². The minimum atomic E-state index is -4.37. The molecule has 9 heteroatoms. The van der Waals surface area contributed by atoms with Crippen molar-refractivity contribution < 1.29 is 22.9 Å². The van der Waals surface area contributed by atoms with E-state index in [0.717, 1.165) is 6.07 Å². The molecule has 2 aromatic carbocycles. The van der Waals surface area contributed by atoms with Crippen LogP contribution in [0.15, 0.2) is 41.3 Å². The Morgan fingerprint density at radius 1 is 1.09 bits per heavy atom. The lowest BCUT2D eigenvalue weighted by atomic mass is 10.2. The number of carbonyl (C=O) groups excluding carboxylic acids is 1. The van der Waals surface area contributed by atoms with Gasteiger partial charge in [0.1, 0.15) is 0 Å². The lowest BCUT2D eigenvalue weighted by molar-refractivity contribution is 0.102. The molecule has 2 aromatic rings. The number of amides is 1. The maximum atomic E-state index is 12.1. The maximum absolute atomic E-state index is 12.1. The molecule has 0 saturated heterocycles. The molecule has 6 nitrogen and oxygen atoms in total. The summed E-state index contributed by atoms with van der Waals surface area (Å²) in [6.07, 6.45) is 0. The fourth-order valence-corrected chi connectivity index (χ4v) is 2.65. The van der Waals surface area contributed by atoms with Gasteiger partial charge in [-0.25, -0.2) is 0 Å². The third kappa shape index (κ3) is 3.69. The second-order valence-electron chi connectivity index (χ2n) is 4.25. The number of hydrogen-bond acceptors (Lipinski definition) is 4. The van der Waals surface area contributed by atoms with Gasteiger partial charge in [-0.1, -0.05) is 29.3 Å². The molecule has 3 N–H and O–H groups in total. The molecule has 0 radical (unpaired) electrons. The summed E-state index contributed by atoms with van der Waals surface area (Å²) in [5, 5.41) is 11.7. The summed E-state index contributed by atoms with van der Waals surface area (Å²) in [5.74, 6) is -0.954. The Morgan fingerprint density at radius 3 is 2.23 bits per heavy atom. The Morgan fingerprint density at radius 2 is 1.68 bits per heavy atom. The van der Waals surface area contributed by atoms with Gasteiger partial charge in [-0.15, -0.1) is 0 Å². The summed E-state index contributed by atoms with van der Waals surface area (Å²) >= 11 is 11.4. The number of phenols is 1. The Balaban J connectivity index is 2.30. The van der Waals surface area contributed by atoms with Crippen molar-refractivity contribution >= 4 is 44.9 Å². The predicted molar refractivity (Wildman–Crippen MR) is 82.3 cm³/mol. The second kappa shape index (κ2) is 6.13. The van der Waals surface area contributed by atoms with Crippen LogP contribution in [0.1, 0.15) is 10.4 Å². The molecule has 2 rings (SSSR count). The van der Waals surface area contributed by atoms with E-state index in [0.29, 0.717) is 0 Å². The molecule has 0 saturated carbocycles. The molecule has 0 fully saturated rings. The zero-order valence-electron chi connectivity index (χ0n) is 10.7. The van der Waals surface area contributed by atoms with E-state index in [1.54, 1.807) is 0 Å². The van der Waals surface area contributed by atoms with Crippen molar-refractivity contribution in [3.63, 3.8) is 0 Å². The first-order valence-electron chi connectivity index (χ1n) is 5.75. The molecular weight excluding hydrogens is 353 g/mol. The van der Waals surface area contributed by atoms with Crippen LogP contribution in [-0.2, 0) is 10.1 Å². The predicted octanol–water partition coefficient (Wildman–Crippen LogP) is 3.20. The minimum absolute atomic E-state index is 0.0741. The number of phenolic OH excluding ortho intramolecular Hbond substituents is 1.